The van der Waals surface area contributed by atoms with Gasteiger partial charge in [0.05, 0.1) is 12.2 Å². The van der Waals surface area contributed by atoms with Crippen molar-refractivity contribution < 1.29 is 4.52 Å². The highest BCUT2D eigenvalue weighted by Crippen LogP contribution is 2.31. The first-order valence-electron chi connectivity index (χ1n) is 7.83. The molecule has 0 spiro atoms. The Morgan fingerprint density at radius 3 is 2.90 bits per heavy atom. The lowest BCUT2D eigenvalue weighted by Crippen LogP contribution is -2.35. The van der Waals surface area contributed by atoms with E-state index in [2.05, 4.69) is 39.1 Å². The molecule has 0 amide bonds. The SMILES string of the molecule is CCCc1noc([C@H](C)N2CCC(c3cn[nH]c3)CC2)n1. The van der Waals surface area contributed by atoms with Crippen LogP contribution in [0.3, 0.4) is 0 Å². The third-order valence-electron chi connectivity index (χ3n) is 4.38. The maximum absolute atomic E-state index is 5.41. The number of aryl methyl sites for hydroxylation is 1. The van der Waals surface area contributed by atoms with Gasteiger partial charge in [-0.25, -0.2) is 0 Å². The number of hydrogen-bond donors (Lipinski definition) is 1. The number of hydrogen-bond acceptors (Lipinski definition) is 5. The molecule has 1 N–H and O–H groups in total. The van der Waals surface area contributed by atoms with E-state index >= 15 is 0 Å². The van der Waals surface area contributed by atoms with Crippen molar-refractivity contribution in [1.29, 1.82) is 0 Å². The van der Waals surface area contributed by atoms with E-state index in [0.29, 0.717) is 5.92 Å². The Morgan fingerprint density at radius 2 is 2.24 bits per heavy atom. The maximum atomic E-state index is 5.41. The molecule has 0 aromatic carbocycles. The summed E-state index contributed by atoms with van der Waals surface area (Å²) in [6, 6.07) is 0.202. The van der Waals surface area contributed by atoms with Crippen LogP contribution in [0.25, 0.3) is 0 Å². The molecule has 6 nitrogen and oxygen atoms in total. The lowest BCUT2D eigenvalue weighted by atomic mass is 9.91. The Bertz CT molecular complexity index is 542. The number of H-pyrrole nitrogens is 1. The minimum atomic E-state index is 0.202. The van der Waals surface area contributed by atoms with Gasteiger partial charge in [-0.2, -0.15) is 10.1 Å². The molecule has 1 saturated heterocycles. The number of piperidine rings is 1. The Balaban J connectivity index is 1.58. The fraction of sp³-hybridized carbons (Fsp3) is 0.667. The van der Waals surface area contributed by atoms with Crippen molar-refractivity contribution in [3.8, 4) is 0 Å². The number of likely N-dealkylation sites (tertiary alicyclic amines) is 1. The van der Waals surface area contributed by atoms with Gasteiger partial charge in [0.2, 0.25) is 5.89 Å². The monoisotopic (exact) mass is 289 g/mol. The molecule has 114 valence electrons. The molecule has 0 aliphatic carbocycles. The summed E-state index contributed by atoms with van der Waals surface area (Å²) in [7, 11) is 0. The van der Waals surface area contributed by atoms with Crippen LogP contribution < -0.4 is 0 Å². The van der Waals surface area contributed by atoms with Gasteiger partial charge in [0.15, 0.2) is 5.82 Å². The van der Waals surface area contributed by atoms with Crippen LogP contribution in [0, 0.1) is 0 Å². The fourth-order valence-electron chi connectivity index (χ4n) is 3.02. The molecule has 2 aromatic heterocycles. The molecular weight excluding hydrogens is 266 g/mol. The molecule has 21 heavy (non-hydrogen) atoms. The third-order valence-corrected chi connectivity index (χ3v) is 4.38. The Kier molecular flexibility index (Phi) is 4.34. The zero-order valence-electron chi connectivity index (χ0n) is 12.7. The number of nitrogens with one attached hydrogen (secondary N) is 1. The normalized spacial score (nSPS) is 19.0. The van der Waals surface area contributed by atoms with Gasteiger partial charge >= 0.3 is 0 Å². The van der Waals surface area contributed by atoms with Crippen molar-refractivity contribution >= 4 is 0 Å². The molecule has 1 aliphatic rings. The summed E-state index contributed by atoms with van der Waals surface area (Å²) < 4.78 is 5.41. The van der Waals surface area contributed by atoms with Crippen LogP contribution in [-0.4, -0.2) is 38.3 Å². The molecule has 1 fully saturated rings. The molecular formula is C15H23N5O. The smallest absolute Gasteiger partial charge is 0.243 e. The second-order valence-corrected chi connectivity index (χ2v) is 5.82. The Labute approximate surface area is 124 Å². The highest BCUT2D eigenvalue weighted by Gasteiger charge is 2.27. The van der Waals surface area contributed by atoms with Gasteiger partial charge < -0.3 is 4.52 Å². The maximum Gasteiger partial charge on any atom is 0.243 e. The summed E-state index contributed by atoms with van der Waals surface area (Å²) in [5.74, 6) is 2.19. The average molecular weight is 289 g/mol. The van der Waals surface area contributed by atoms with Crippen molar-refractivity contribution in [1.82, 2.24) is 25.2 Å². The van der Waals surface area contributed by atoms with Crippen LogP contribution in [0.2, 0.25) is 0 Å². The summed E-state index contributed by atoms with van der Waals surface area (Å²) >= 11 is 0. The predicted octanol–water partition coefficient (Wildman–Crippen LogP) is 2.69. The van der Waals surface area contributed by atoms with E-state index in [1.165, 1.54) is 5.56 Å². The molecule has 3 rings (SSSR count). The van der Waals surface area contributed by atoms with Crippen LogP contribution in [0.1, 0.15) is 62.3 Å². The van der Waals surface area contributed by atoms with Crippen molar-refractivity contribution in [3.63, 3.8) is 0 Å². The summed E-state index contributed by atoms with van der Waals surface area (Å²) in [6.07, 6.45) is 8.19. The second kappa shape index (κ2) is 6.39. The molecule has 2 aromatic rings. The van der Waals surface area contributed by atoms with Crippen molar-refractivity contribution in [2.24, 2.45) is 0 Å². The molecule has 3 heterocycles. The number of rotatable bonds is 5. The van der Waals surface area contributed by atoms with Crippen LogP contribution in [0.4, 0.5) is 0 Å². The number of aromatic nitrogens is 4. The van der Waals surface area contributed by atoms with E-state index in [0.717, 1.165) is 50.5 Å². The molecule has 0 saturated carbocycles. The second-order valence-electron chi connectivity index (χ2n) is 5.82. The Morgan fingerprint density at radius 1 is 1.43 bits per heavy atom. The molecule has 1 atom stereocenters. The van der Waals surface area contributed by atoms with Crippen LogP contribution >= 0.6 is 0 Å². The van der Waals surface area contributed by atoms with E-state index in [4.69, 9.17) is 4.52 Å². The zero-order chi connectivity index (χ0) is 14.7. The summed E-state index contributed by atoms with van der Waals surface area (Å²) in [4.78, 5) is 6.94. The average Bonchev–Trinajstić information content (AvgIpc) is 3.19. The third kappa shape index (κ3) is 3.15. The van der Waals surface area contributed by atoms with Crippen molar-refractivity contribution in [2.45, 2.75) is 51.5 Å². The van der Waals surface area contributed by atoms with Gasteiger partial charge in [-0.1, -0.05) is 12.1 Å². The molecule has 0 unspecified atom stereocenters. The summed E-state index contributed by atoms with van der Waals surface area (Å²) in [5, 5.41) is 11.0. The minimum Gasteiger partial charge on any atom is -0.338 e. The summed E-state index contributed by atoms with van der Waals surface area (Å²) in [6.45, 7) is 6.40. The van der Waals surface area contributed by atoms with Crippen LogP contribution in [0.5, 0.6) is 0 Å². The number of nitrogens with zero attached hydrogens (tertiary/aromatic N) is 4. The topological polar surface area (TPSA) is 70.8 Å². The molecule has 0 radical (unpaired) electrons. The lowest BCUT2D eigenvalue weighted by molar-refractivity contribution is 0.136. The van der Waals surface area contributed by atoms with E-state index in [1.807, 2.05) is 12.4 Å². The predicted molar refractivity (Wildman–Crippen MR) is 78.8 cm³/mol. The molecule has 1 aliphatic heterocycles. The van der Waals surface area contributed by atoms with Crippen LogP contribution in [0.15, 0.2) is 16.9 Å². The van der Waals surface area contributed by atoms with E-state index in [-0.39, 0.29) is 6.04 Å². The van der Waals surface area contributed by atoms with Crippen molar-refractivity contribution in [2.75, 3.05) is 13.1 Å². The van der Waals surface area contributed by atoms with E-state index in [9.17, 15) is 0 Å². The van der Waals surface area contributed by atoms with Crippen LogP contribution in [-0.2, 0) is 6.42 Å². The molecule has 6 heteroatoms. The first-order chi connectivity index (χ1) is 10.3. The molecule has 0 bridgehead atoms. The number of aromatic amines is 1. The van der Waals surface area contributed by atoms with Gasteiger partial charge in [-0.3, -0.25) is 10.00 Å². The Hall–Kier alpha value is -1.69. The highest BCUT2D eigenvalue weighted by atomic mass is 16.5. The van der Waals surface area contributed by atoms with E-state index in [1.54, 1.807) is 0 Å². The highest BCUT2D eigenvalue weighted by molar-refractivity contribution is 5.11. The van der Waals surface area contributed by atoms with Gasteiger partial charge in [0.25, 0.3) is 0 Å². The summed E-state index contributed by atoms with van der Waals surface area (Å²) in [5.41, 5.74) is 1.32. The minimum absolute atomic E-state index is 0.202. The first-order valence-corrected chi connectivity index (χ1v) is 7.83. The standard InChI is InChI=1S/C15H23N5O/c1-3-4-14-18-15(21-19-14)11(2)20-7-5-12(6-8-20)13-9-16-17-10-13/h9-12H,3-8H2,1-2H3,(H,16,17)/t11-/m0/s1. The van der Waals surface area contributed by atoms with Gasteiger partial charge in [-0.05, 0) is 50.8 Å². The largest absolute Gasteiger partial charge is 0.338 e. The van der Waals surface area contributed by atoms with Gasteiger partial charge in [0, 0.05) is 12.6 Å². The lowest BCUT2D eigenvalue weighted by Gasteiger charge is -2.34. The van der Waals surface area contributed by atoms with Gasteiger partial charge in [-0.15, -0.1) is 0 Å². The first kappa shape index (κ1) is 14.3. The zero-order valence-corrected chi connectivity index (χ0v) is 12.7. The quantitative estimate of drug-likeness (QED) is 0.916. The van der Waals surface area contributed by atoms with E-state index < -0.39 is 0 Å². The van der Waals surface area contributed by atoms with Crippen molar-refractivity contribution in [3.05, 3.63) is 29.7 Å². The van der Waals surface area contributed by atoms with Gasteiger partial charge in [0.1, 0.15) is 0 Å². The fourth-order valence-corrected chi connectivity index (χ4v) is 3.02.